The predicted molar refractivity (Wildman–Crippen MR) is 84.0 cm³/mol. The number of halogens is 1. The maximum atomic E-state index is 12.7. The highest BCUT2D eigenvalue weighted by atomic mass is 79.9. The van der Waals surface area contributed by atoms with Gasteiger partial charge in [0.15, 0.2) is 5.78 Å². The molecule has 1 aliphatic rings. The molecule has 0 N–H and O–H groups in total. The molecule has 1 unspecified atom stereocenters. The summed E-state index contributed by atoms with van der Waals surface area (Å²) in [6.07, 6.45) is 0.159. The van der Waals surface area contributed by atoms with Crippen molar-refractivity contribution in [2.24, 2.45) is 0 Å². The van der Waals surface area contributed by atoms with Gasteiger partial charge in [0.2, 0.25) is 0 Å². The molecule has 1 heterocycles. The monoisotopic (exact) mass is 346 g/mol. The molecule has 21 heavy (non-hydrogen) atoms. The first kappa shape index (κ1) is 14.3. The molecule has 0 spiro atoms. The zero-order valence-corrected chi connectivity index (χ0v) is 13.2. The van der Waals surface area contributed by atoms with Crippen LogP contribution in [0.25, 0.3) is 0 Å². The van der Waals surface area contributed by atoms with Crippen LogP contribution in [0, 0.1) is 6.92 Å². The quantitative estimate of drug-likeness (QED) is 0.611. The summed E-state index contributed by atoms with van der Waals surface area (Å²) in [5, 5.41) is 0. The van der Waals surface area contributed by atoms with Gasteiger partial charge in [-0.3, -0.25) is 4.79 Å². The number of carbonyl (C=O) groups is 1. The lowest BCUT2D eigenvalue weighted by atomic mass is 10.0. The summed E-state index contributed by atoms with van der Waals surface area (Å²) in [6, 6.07) is 13.1. The zero-order chi connectivity index (χ0) is 14.8. The van der Waals surface area contributed by atoms with Crippen molar-refractivity contribution in [2.75, 3.05) is 13.2 Å². The van der Waals surface area contributed by atoms with E-state index < -0.39 is 0 Å². The largest absolute Gasteiger partial charge is 0.490 e. The normalized spacial score (nSPS) is 16.6. The van der Waals surface area contributed by atoms with Gasteiger partial charge in [-0.25, -0.2) is 0 Å². The van der Waals surface area contributed by atoms with E-state index in [1.807, 2.05) is 49.4 Å². The van der Waals surface area contributed by atoms with Gasteiger partial charge in [-0.1, -0.05) is 35.9 Å². The fraction of sp³-hybridized carbons (Fsp3) is 0.235. The van der Waals surface area contributed by atoms with Crippen molar-refractivity contribution in [2.45, 2.75) is 13.0 Å². The van der Waals surface area contributed by atoms with Crippen molar-refractivity contribution in [1.29, 1.82) is 0 Å². The maximum absolute atomic E-state index is 12.7. The highest BCUT2D eigenvalue weighted by molar-refractivity contribution is 9.10. The van der Waals surface area contributed by atoms with Crippen LogP contribution in [0.15, 0.2) is 46.9 Å². The second-order valence-corrected chi connectivity index (χ2v) is 5.93. The Labute approximate surface area is 132 Å². The molecule has 1 aliphatic heterocycles. The Morgan fingerprint density at radius 2 is 2.00 bits per heavy atom. The summed E-state index contributed by atoms with van der Waals surface area (Å²) >= 11 is 3.45. The number of hydrogen-bond donors (Lipinski definition) is 0. The number of carbonyl (C=O) groups excluding carboxylic acids is 1. The third-order valence-corrected chi connectivity index (χ3v) is 4.00. The van der Waals surface area contributed by atoms with Crippen LogP contribution in [-0.4, -0.2) is 25.1 Å². The number of ketones is 1. The number of epoxide rings is 1. The Balaban J connectivity index is 1.91. The Morgan fingerprint density at radius 3 is 2.67 bits per heavy atom. The zero-order valence-electron chi connectivity index (χ0n) is 11.6. The standard InChI is InChI=1S/C17H15BrO3/c1-11-5-7-12(8-6-11)17(19)16-14(18)3-2-4-15(16)21-10-13-9-20-13/h2-8,13H,9-10H2,1H3. The minimum atomic E-state index is -0.0470. The minimum absolute atomic E-state index is 0.0470. The maximum Gasteiger partial charge on any atom is 0.197 e. The molecule has 2 aromatic carbocycles. The van der Waals surface area contributed by atoms with Gasteiger partial charge in [0, 0.05) is 10.0 Å². The molecule has 3 nitrogen and oxygen atoms in total. The number of rotatable bonds is 5. The van der Waals surface area contributed by atoms with Gasteiger partial charge >= 0.3 is 0 Å². The average Bonchev–Trinajstić information content (AvgIpc) is 3.29. The number of benzene rings is 2. The van der Waals surface area contributed by atoms with Crippen LogP contribution in [0.1, 0.15) is 21.5 Å². The molecule has 2 aromatic rings. The molecule has 4 heteroatoms. The Hall–Kier alpha value is -1.65. The first-order valence-electron chi connectivity index (χ1n) is 6.79. The molecular formula is C17H15BrO3. The van der Waals surface area contributed by atoms with Crippen LogP contribution >= 0.6 is 15.9 Å². The van der Waals surface area contributed by atoms with E-state index in [4.69, 9.17) is 9.47 Å². The lowest BCUT2D eigenvalue weighted by Gasteiger charge is -2.12. The second-order valence-electron chi connectivity index (χ2n) is 5.07. The second kappa shape index (κ2) is 6.00. The average molecular weight is 347 g/mol. The first-order chi connectivity index (χ1) is 10.1. The van der Waals surface area contributed by atoms with E-state index in [9.17, 15) is 4.79 Å². The fourth-order valence-electron chi connectivity index (χ4n) is 2.04. The third-order valence-electron chi connectivity index (χ3n) is 3.34. The van der Waals surface area contributed by atoms with Crippen LogP contribution in [0.3, 0.4) is 0 Å². The van der Waals surface area contributed by atoms with Crippen molar-refractivity contribution >= 4 is 21.7 Å². The van der Waals surface area contributed by atoms with Gasteiger partial charge < -0.3 is 9.47 Å². The van der Waals surface area contributed by atoms with Gasteiger partial charge in [0.25, 0.3) is 0 Å². The van der Waals surface area contributed by atoms with Crippen molar-refractivity contribution in [1.82, 2.24) is 0 Å². The fourth-order valence-corrected chi connectivity index (χ4v) is 2.57. The smallest absolute Gasteiger partial charge is 0.197 e. The topological polar surface area (TPSA) is 38.8 Å². The van der Waals surface area contributed by atoms with Crippen molar-refractivity contribution in [3.05, 3.63) is 63.6 Å². The van der Waals surface area contributed by atoms with Crippen molar-refractivity contribution in [3.63, 3.8) is 0 Å². The van der Waals surface area contributed by atoms with Crippen molar-refractivity contribution < 1.29 is 14.3 Å². The van der Waals surface area contributed by atoms with Crippen molar-refractivity contribution in [3.8, 4) is 5.75 Å². The van der Waals surface area contributed by atoms with E-state index >= 15 is 0 Å². The summed E-state index contributed by atoms with van der Waals surface area (Å²) in [5.74, 6) is 0.541. The van der Waals surface area contributed by atoms with Gasteiger partial charge in [-0.15, -0.1) is 0 Å². The summed E-state index contributed by atoms with van der Waals surface area (Å²) in [4.78, 5) is 12.7. The number of ether oxygens (including phenoxy) is 2. The molecule has 0 aromatic heterocycles. The summed E-state index contributed by atoms with van der Waals surface area (Å²) < 4.78 is 11.6. The molecule has 0 bridgehead atoms. The molecule has 0 aliphatic carbocycles. The summed E-state index contributed by atoms with van der Waals surface area (Å²) in [7, 11) is 0. The Bertz CT molecular complexity index is 660. The van der Waals surface area contributed by atoms with E-state index in [0.29, 0.717) is 23.5 Å². The Morgan fingerprint density at radius 1 is 1.29 bits per heavy atom. The minimum Gasteiger partial charge on any atom is -0.490 e. The highest BCUT2D eigenvalue weighted by Gasteiger charge is 2.25. The molecule has 0 saturated carbocycles. The van der Waals surface area contributed by atoms with E-state index in [1.165, 1.54) is 0 Å². The van der Waals surface area contributed by atoms with E-state index in [1.54, 1.807) is 0 Å². The van der Waals surface area contributed by atoms with Gasteiger partial charge in [-0.2, -0.15) is 0 Å². The van der Waals surface area contributed by atoms with Crippen LogP contribution < -0.4 is 4.74 Å². The van der Waals surface area contributed by atoms with E-state index in [0.717, 1.165) is 16.6 Å². The van der Waals surface area contributed by atoms with Crippen LogP contribution in [-0.2, 0) is 4.74 Å². The molecule has 108 valence electrons. The predicted octanol–water partition coefficient (Wildman–Crippen LogP) is 3.77. The van der Waals surface area contributed by atoms with Gasteiger partial charge in [-0.05, 0) is 35.0 Å². The third kappa shape index (κ3) is 3.34. The highest BCUT2D eigenvalue weighted by Crippen LogP contribution is 2.30. The van der Waals surface area contributed by atoms with Gasteiger partial charge in [0.1, 0.15) is 18.5 Å². The molecule has 1 atom stereocenters. The van der Waals surface area contributed by atoms with E-state index in [2.05, 4.69) is 15.9 Å². The first-order valence-corrected chi connectivity index (χ1v) is 7.59. The number of aryl methyl sites for hydroxylation is 1. The summed E-state index contributed by atoms with van der Waals surface area (Å²) in [6.45, 7) is 3.21. The molecule has 3 rings (SSSR count). The molecular weight excluding hydrogens is 332 g/mol. The van der Waals surface area contributed by atoms with Crippen LogP contribution in [0.5, 0.6) is 5.75 Å². The molecule has 1 saturated heterocycles. The lowest BCUT2D eigenvalue weighted by Crippen LogP contribution is -2.10. The number of hydrogen-bond acceptors (Lipinski definition) is 3. The van der Waals surface area contributed by atoms with Crippen LogP contribution in [0.2, 0.25) is 0 Å². The summed E-state index contributed by atoms with van der Waals surface area (Å²) in [5.41, 5.74) is 2.34. The molecule has 1 fully saturated rings. The molecule has 0 radical (unpaired) electrons. The lowest BCUT2D eigenvalue weighted by molar-refractivity contribution is 0.103. The Kier molecular flexibility index (Phi) is 4.08. The van der Waals surface area contributed by atoms with Gasteiger partial charge in [0.05, 0.1) is 12.2 Å². The molecule has 0 amide bonds. The van der Waals surface area contributed by atoms with E-state index in [-0.39, 0.29) is 11.9 Å². The van der Waals surface area contributed by atoms with Crippen LogP contribution in [0.4, 0.5) is 0 Å². The SMILES string of the molecule is Cc1ccc(C(=O)c2c(Br)cccc2OCC2CO2)cc1.